The first-order chi connectivity index (χ1) is 4.75. The van der Waals surface area contributed by atoms with Crippen LogP contribution in [0.15, 0.2) is 0 Å². The van der Waals surface area contributed by atoms with Crippen molar-refractivity contribution in [1.29, 1.82) is 0 Å². The Bertz CT molecular complexity index is 131. The van der Waals surface area contributed by atoms with Crippen molar-refractivity contribution in [3.63, 3.8) is 0 Å². The highest BCUT2D eigenvalue weighted by atomic mass is 16.3. The standard InChI is InChI=1S/C8H14O2/c1-6-5-7(6)8(10)3-2-4-9/h6-7,9H,2-5H2,1H3. The molecule has 2 unspecified atom stereocenters. The molecule has 2 atom stereocenters. The van der Waals surface area contributed by atoms with Crippen LogP contribution in [0.3, 0.4) is 0 Å². The van der Waals surface area contributed by atoms with E-state index >= 15 is 0 Å². The van der Waals surface area contributed by atoms with Crippen LogP contribution in [0.2, 0.25) is 0 Å². The lowest BCUT2D eigenvalue weighted by molar-refractivity contribution is -0.120. The van der Waals surface area contributed by atoms with Crippen LogP contribution in [-0.4, -0.2) is 17.5 Å². The fourth-order valence-corrected chi connectivity index (χ4v) is 1.21. The Morgan fingerprint density at radius 2 is 2.30 bits per heavy atom. The number of carbonyl (C=O) groups excluding carboxylic acids is 1. The molecule has 0 aromatic heterocycles. The topological polar surface area (TPSA) is 37.3 Å². The average molecular weight is 142 g/mol. The molecule has 0 aromatic carbocycles. The first-order valence-electron chi connectivity index (χ1n) is 3.89. The number of hydrogen-bond donors (Lipinski definition) is 1. The maximum absolute atomic E-state index is 11.1. The summed E-state index contributed by atoms with van der Waals surface area (Å²) >= 11 is 0. The summed E-state index contributed by atoms with van der Waals surface area (Å²) in [7, 11) is 0. The van der Waals surface area contributed by atoms with Crippen LogP contribution in [0.1, 0.15) is 26.2 Å². The molecule has 0 amide bonds. The van der Waals surface area contributed by atoms with E-state index < -0.39 is 0 Å². The summed E-state index contributed by atoms with van der Waals surface area (Å²) in [6, 6.07) is 0. The summed E-state index contributed by atoms with van der Waals surface area (Å²) < 4.78 is 0. The van der Waals surface area contributed by atoms with Crippen LogP contribution in [-0.2, 0) is 4.79 Å². The second kappa shape index (κ2) is 3.15. The molecule has 0 aliphatic heterocycles. The van der Waals surface area contributed by atoms with Crippen molar-refractivity contribution in [1.82, 2.24) is 0 Å². The molecule has 1 saturated carbocycles. The Balaban J connectivity index is 2.11. The van der Waals surface area contributed by atoms with Gasteiger partial charge in [0.2, 0.25) is 0 Å². The van der Waals surface area contributed by atoms with Gasteiger partial charge in [0.25, 0.3) is 0 Å². The van der Waals surface area contributed by atoms with Crippen LogP contribution in [0.25, 0.3) is 0 Å². The molecule has 2 nitrogen and oxygen atoms in total. The van der Waals surface area contributed by atoms with Gasteiger partial charge in [0, 0.05) is 18.9 Å². The molecule has 10 heavy (non-hydrogen) atoms. The average Bonchev–Trinajstić information content (AvgIpc) is 2.62. The van der Waals surface area contributed by atoms with Gasteiger partial charge in [-0.3, -0.25) is 4.79 Å². The molecule has 58 valence electrons. The first kappa shape index (κ1) is 7.73. The van der Waals surface area contributed by atoms with Crippen LogP contribution in [0, 0.1) is 11.8 Å². The summed E-state index contributed by atoms with van der Waals surface area (Å²) in [4.78, 5) is 11.1. The third-order valence-electron chi connectivity index (χ3n) is 2.10. The van der Waals surface area contributed by atoms with Gasteiger partial charge in [0.15, 0.2) is 0 Å². The zero-order valence-corrected chi connectivity index (χ0v) is 6.34. The van der Waals surface area contributed by atoms with E-state index in [-0.39, 0.29) is 6.61 Å². The van der Waals surface area contributed by atoms with Crippen molar-refractivity contribution in [2.24, 2.45) is 11.8 Å². The molecule has 1 rings (SSSR count). The lowest BCUT2D eigenvalue weighted by Crippen LogP contribution is -2.02. The van der Waals surface area contributed by atoms with Crippen LogP contribution in [0.4, 0.5) is 0 Å². The fourth-order valence-electron chi connectivity index (χ4n) is 1.21. The minimum Gasteiger partial charge on any atom is -0.396 e. The SMILES string of the molecule is CC1CC1C(=O)CCCO. The highest BCUT2D eigenvalue weighted by Gasteiger charge is 2.37. The zero-order valence-electron chi connectivity index (χ0n) is 6.34. The Labute approximate surface area is 61.2 Å². The number of hydrogen-bond acceptors (Lipinski definition) is 2. The van der Waals surface area contributed by atoms with E-state index in [0.717, 1.165) is 6.42 Å². The van der Waals surface area contributed by atoms with Crippen molar-refractivity contribution in [2.45, 2.75) is 26.2 Å². The number of Topliss-reactive ketones (excluding diaryl/α,β-unsaturated/α-hetero) is 1. The molecule has 2 heteroatoms. The van der Waals surface area contributed by atoms with E-state index in [1.165, 1.54) is 0 Å². The third-order valence-corrected chi connectivity index (χ3v) is 2.10. The van der Waals surface area contributed by atoms with Gasteiger partial charge in [-0.25, -0.2) is 0 Å². The first-order valence-corrected chi connectivity index (χ1v) is 3.89. The quantitative estimate of drug-likeness (QED) is 0.635. The Hall–Kier alpha value is -0.370. The largest absolute Gasteiger partial charge is 0.396 e. The van der Waals surface area contributed by atoms with Crippen molar-refractivity contribution in [2.75, 3.05) is 6.61 Å². The van der Waals surface area contributed by atoms with Crippen molar-refractivity contribution in [3.05, 3.63) is 0 Å². The van der Waals surface area contributed by atoms with Crippen LogP contribution >= 0.6 is 0 Å². The minimum absolute atomic E-state index is 0.146. The highest BCUT2D eigenvalue weighted by molar-refractivity contribution is 5.83. The highest BCUT2D eigenvalue weighted by Crippen LogP contribution is 2.39. The summed E-state index contributed by atoms with van der Waals surface area (Å²) in [5.74, 6) is 1.30. The van der Waals surface area contributed by atoms with Crippen LogP contribution in [0.5, 0.6) is 0 Å². The zero-order chi connectivity index (χ0) is 7.56. The Morgan fingerprint density at radius 3 is 2.70 bits per heavy atom. The molecule has 0 saturated heterocycles. The number of aliphatic hydroxyl groups is 1. The molecule has 1 aliphatic carbocycles. The molecule has 1 N–H and O–H groups in total. The van der Waals surface area contributed by atoms with E-state index in [4.69, 9.17) is 5.11 Å². The number of rotatable bonds is 4. The number of carbonyl (C=O) groups is 1. The molecule has 0 aromatic rings. The van der Waals surface area contributed by atoms with E-state index in [1.807, 2.05) is 0 Å². The Morgan fingerprint density at radius 1 is 1.70 bits per heavy atom. The van der Waals surface area contributed by atoms with Gasteiger partial charge in [-0.1, -0.05) is 6.92 Å². The predicted molar refractivity (Wildman–Crippen MR) is 38.6 cm³/mol. The van der Waals surface area contributed by atoms with Gasteiger partial charge >= 0.3 is 0 Å². The number of ketones is 1. The minimum atomic E-state index is 0.146. The maximum atomic E-state index is 11.1. The molecule has 1 aliphatic rings. The lowest BCUT2D eigenvalue weighted by Gasteiger charge is -1.94. The van der Waals surface area contributed by atoms with E-state index in [0.29, 0.717) is 30.5 Å². The van der Waals surface area contributed by atoms with Gasteiger partial charge in [-0.15, -0.1) is 0 Å². The van der Waals surface area contributed by atoms with E-state index in [1.54, 1.807) is 0 Å². The van der Waals surface area contributed by atoms with Gasteiger partial charge in [0.1, 0.15) is 5.78 Å². The van der Waals surface area contributed by atoms with Crippen LogP contribution < -0.4 is 0 Å². The normalized spacial score (nSPS) is 30.2. The smallest absolute Gasteiger partial charge is 0.136 e. The van der Waals surface area contributed by atoms with E-state index in [2.05, 4.69) is 6.92 Å². The molecular formula is C8H14O2. The van der Waals surface area contributed by atoms with Crippen molar-refractivity contribution in [3.8, 4) is 0 Å². The van der Waals surface area contributed by atoms with Gasteiger partial charge in [0.05, 0.1) is 0 Å². The summed E-state index contributed by atoms with van der Waals surface area (Å²) in [5, 5.41) is 8.43. The lowest BCUT2D eigenvalue weighted by atomic mass is 10.1. The van der Waals surface area contributed by atoms with Crippen molar-refractivity contribution < 1.29 is 9.90 Å². The molecule has 0 spiro atoms. The number of aliphatic hydroxyl groups excluding tert-OH is 1. The maximum Gasteiger partial charge on any atom is 0.136 e. The van der Waals surface area contributed by atoms with Crippen molar-refractivity contribution >= 4 is 5.78 Å². The second-order valence-electron chi connectivity index (χ2n) is 3.11. The monoisotopic (exact) mass is 142 g/mol. The molecular weight excluding hydrogens is 128 g/mol. The van der Waals surface area contributed by atoms with E-state index in [9.17, 15) is 4.79 Å². The Kier molecular flexibility index (Phi) is 2.44. The molecule has 0 bridgehead atoms. The summed E-state index contributed by atoms with van der Waals surface area (Å²) in [5.41, 5.74) is 0. The second-order valence-corrected chi connectivity index (χ2v) is 3.11. The fraction of sp³-hybridized carbons (Fsp3) is 0.875. The molecule has 1 fully saturated rings. The predicted octanol–water partition coefficient (Wildman–Crippen LogP) is 0.984. The van der Waals surface area contributed by atoms with Gasteiger partial charge < -0.3 is 5.11 Å². The van der Waals surface area contributed by atoms with Gasteiger partial charge in [-0.05, 0) is 18.8 Å². The summed E-state index contributed by atoms with van der Waals surface area (Å²) in [6.45, 7) is 2.24. The summed E-state index contributed by atoms with van der Waals surface area (Å²) in [6.07, 6.45) is 2.29. The molecule has 0 heterocycles. The van der Waals surface area contributed by atoms with Gasteiger partial charge in [-0.2, -0.15) is 0 Å². The molecule has 0 radical (unpaired) electrons. The third kappa shape index (κ3) is 1.81.